The quantitative estimate of drug-likeness (QED) is 0.377. The maximum Gasteiger partial charge on any atom is 0.361 e. The van der Waals surface area contributed by atoms with Crippen molar-refractivity contribution in [1.29, 1.82) is 0 Å². The number of non-ortho nitro benzene ring substituents is 1. The Morgan fingerprint density at radius 3 is 2.48 bits per heavy atom. The van der Waals surface area contributed by atoms with Crippen LogP contribution in [-0.2, 0) is 4.74 Å². The van der Waals surface area contributed by atoms with E-state index in [0.29, 0.717) is 11.4 Å². The standard InChI is InChI=1S/C19H16N4O4/c1-2-27-19(24)18-17(13-8-14-6-4-3-5-7-14)22(21-20-18)15-9-11-16(12-10-15)23(25)26/h3-13H,2H2,1H3/b13-8+. The van der Waals surface area contributed by atoms with Gasteiger partial charge in [0.15, 0.2) is 5.69 Å². The summed E-state index contributed by atoms with van der Waals surface area (Å²) in [6, 6.07) is 15.4. The first-order valence-corrected chi connectivity index (χ1v) is 8.21. The van der Waals surface area contributed by atoms with Crippen LogP contribution in [0, 0.1) is 10.1 Å². The number of hydrogen-bond acceptors (Lipinski definition) is 6. The first-order valence-electron chi connectivity index (χ1n) is 8.21. The molecule has 27 heavy (non-hydrogen) atoms. The molecule has 0 saturated heterocycles. The highest BCUT2D eigenvalue weighted by Crippen LogP contribution is 2.20. The third-order valence-corrected chi connectivity index (χ3v) is 3.71. The van der Waals surface area contributed by atoms with Crippen LogP contribution in [0.25, 0.3) is 17.8 Å². The van der Waals surface area contributed by atoms with Crippen molar-refractivity contribution < 1.29 is 14.5 Å². The van der Waals surface area contributed by atoms with E-state index in [9.17, 15) is 14.9 Å². The number of carbonyl (C=O) groups is 1. The fraction of sp³-hybridized carbons (Fsp3) is 0.105. The van der Waals surface area contributed by atoms with Crippen molar-refractivity contribution in [1.82, 2.24) is 15.0 Å². The molecule has 2 aromatic carbocycles. The van der Waals surface area contributed by atoms with Crippen LogP contribution >= 0.6 is 0 Å². The van der Waals surface area contributed by atoms with Crippen molar-refractivity contribution in [2.45, 2.75) is 6.92 Å². The Bertz CT molecular complexity index is 979. The van der Waals surface area contributed by atoms with E-state index in [0.717, 1.165) is 5.56 Å². The lowest BCUT2D eigenvalue weighted by atomic mass is 10.2. The van der Waals surface area contributed by atoms with Gasteiger partial charge in [0, 0.05) is 12.1 Å². The Kier molecular flexibility index (Phi) is 5.36. The molecule has 8 nitrogen and oxygen atoms in total. The second-order valence-corrected chi connectivity index (χ2v) is 5.47. The molecule has 0 aliphatic carbocycles. The summed E-state index contributed by atoms with van der Waals surface area (Å²) >= 11 is 0. The summed E-state index contributed by atoms with van der Waals surface area (Å²) in [6.45, 7) is 1.92. The van der Waals surface area contributed by atoms with Gasteiger partial charge in [-0.1, -0.05) is 41.6 Å². The molecule has 0 radical (unpaired) electrons. The molecule has 8 heteroatoms. The molecule has 1 aromatic heterocycles. The first kappa shape index (κ1) is 18.0. The molecule has 136 valence electrons. The lowest BCUT2D eigenvalue weighted by molar-refractivity contribution is -0.384. The van der Waals surface area contributed by atoms with Gasteiger partial charge in [-0.25, -0.2) is 9.48 Å². The second-order valence-electron chi connectivity index (χ2n) is 5.47. The topological polar surface area (TPSA) is 100 Å². The summed E-state index contributed by atoms with van der Waals surface area (Å²) in [5, 5.41) is 18.8. The van der Waals surface area contributed by atoms with Gasteiger partial charge in [-0.15, -0.1) is 5.10 Å². The van der Waals surface area contributed by atoms with Crippen LogP contribution in [0.3, 0.4) is 0 Å². The normalized spacial score (nSPS) is 10.9. The first-order chi connectivity index (χ1) is 13.1. The van der Waals surface area contributed by atoms with Gasteiger partial charge in [0.2, 0.25) is 0 Å². The highest BCUT2D eigenvalue weighted by Gasteiger charge is 2.20. The third-order valence-electron chi connectivity index (χ3n) is 3.71. The van der Waals surface area contributed by atoms with Crippen LogP contribution in [0.15, 0.2) is 54.6 Å². The Morgan fingerprint density at radius 2 is 1.85 bits per heavy atom. The van der Waals surface area contributed by atoms with Crippen molar-refractivity contribution >= 4 is 23.8 Å². The van der Waals surface area contributed by atoms with Gasteiger partial charge in [-0.3, -0.25) is 10.1 Å². The summed E-state index contributed by atoms with van der Waals surface area (Å²) in [7, 11) is 0. The molecule has 3 rings (SSSR count). The lowest BCUT2D eigenvalue weighted by Crippen LogP contribution is -2.08. The molecule has 0 aliphatic rings. The summed E-state index contributed by atoms with van der Waals surface area (Å²) in [4.78, 5) is 22.6. The minimum atomic E-state index is -0.585. The van der Waals surface area contributed by atoms with Crippen LogP contribution in [0.5, 0.6) is 0 Å². The number of nitro groups is 1. The van der Waals surface area contributed by atoms with Crippen LogP contribution in [0.1, 0.15) is 28.7 Å². The number of benzene rings is 2. The van der Waals surface area contributed by atoms with Gasteiger partial charge < -0.3 is 4.74 Å². The number of esters is 1. The van der Waals surface area contributed by atoms with E-state index in [1.807, 2.05) is 36.4 Å². The number of carbonyl (C=O) groups excluding carboxylic acids is 1. The van der Waals surface area contributed by atoms with Crippen molar-refractivity contribution in [2.24, 2.45) is 0 Å². The molecule has 0 spiro atoms. The molecule has 3 aromatic rings. The van der Waals surface area contributed by atoms with Crippen LogP contribution in [0.4, 0.5) is 5.69 Å². The predicted molar refractivity (Wildman–Crippen MR) is 99.3 cm³/mol. The van der Waals surface area contributed by atoms with Crippen LogP contribution < -0.4 is 0 Å². The smallest absolute Gasteiger partial charge is 0.361 e. The maximum atomic E-state index is 12.2. The number of nitro benzene ring substituents is 1. The number of rotatable bonds is 6. The van der Waals surface area contributed by atoms with Crippen LogP contribution in [0.2, 0.25) is 0 Å². The zero-order valence-electron chi connectivity index (χ0n) is 14.5. The fourth-order valence-electron chi connectivity index (χ4n) is 2.43. The van der Waals surface area contributed by atoms with Gasteiger partial charge in [0.25, 0.3) is 5.69 Å². The van der Waals surface area contributed by atoms with E-state index in [2.05, 4.69) is 10.3 Å². The number of ether oxygens (including phenoxy) is 1. The summed E-state index contributed by atoms with van der Waals surface area (Å²) in [5.74, 6) is -0.585. The van der Waals surface area contributed by atoms with Gasteiger partial charge in [0.1, 0.15) is 5.69 Å². The number of nitrogens with zero attached hydrogens (tertiary/aromatic N) is 4. The van der Waals surface area contributed by atoms with E-state index >= 15 is 0 Å². The maximum absolute atomic E-state index is 12.2. The Hall–Kier alpha value is -3.81. The molecule has 0 aliphatic heterocycles. The van der Waals surface area contributed by atoms with Gasteiger partial charge >= 0.3 is 5.97 Å². The third kappa shape index (κ3) is 4.06. The fourth-order valence-corrected chi connectivity index (χ4v) is 2.43. The molecular weight excluding hydrogens is 348 g/mol. The zero-order chi connectivity index (χ0) is 19.2. The number of aromatic nitrogens is 3. The van der Waals surface area contributed by atoms with Crippen molar-refractivity contribution in [3.8, 4) is 5.69 Å². The Labute approximate surface area is 154 Å². The van der Waals surface area contributed by atoms with Crippen molar-refractivity contribution in [2.75, 3.05) is 6.61 Å². The zero-order valence-corrected chi connectivity index (χ0v) is 14.5. The molecule has 0 N–H and O–H groups in total. The Balaban J connectivity index is 2.04. The Morgan fingerprint density at radius 1 is 1.15 bits per heavy atom. The molecule has 0 atom stereocenters. The summed E-state index contributed by atoms with van der Waals surface area (Å²) in [6.07, 6.45) is 3.53. The summed E-state index contributed by atoms with van der Waals surface area (Å²) < 4.78 is 6.48. The average molecular weight is 364 g/mol. The highest BCUT2D eigenvalue weighted by molar-refractivity contribution is 5.92. The molecule has 0 fully saturated rings. The summed E-state index contributed by atoms with van der Waals surface area (Å²) in [5.41, 5.74) is 1.93. The predicted octanol–water partition coefficient (Wildman–Crippen LogP) is 3.52. The SMILES string of the molecule is CCOC(=O)c1nnn(-c2ccc([N+](=O)[O-])cc2)c1/C=C/c1ccccc1. The average Bonchev–Trinajstić information content (AvgIpc) is 3.11. The molecule has 0 amide bonds. The monoisotopic (exact) mass is 364 g/mol. The molecule has 0 bridgehead atoms. The lowest BCUT2D eigenvalue weighted by Gasteiger charge is -2.05. The van der Waals surface area contributed by atoms with Crippen molar-refractivity contribution in [3.63, 3.8) is 0 Å². The van der Waals surface area contributed by atoms with E-state index in [-0.39, 0.29) is 18.0 Å². The van der Waals surface area contributed by atoms with Gasteiger partial charge in [-0.2, -0.15) is 0 Å². The van der Waals surface area contributed by atoms with E-state index < -0.39 is 10.9 Å². The van der Waals surface area contributed by atoms with Gasteiger partial charge in [-0.05, 0) is 30.7 Å². The van der Waals surface area contributed by atoms with E-state index in [4.69, 9.17) is 4.74 Å². The molecular formula is C19H16N4O4. The van der Waals surface area contributed by atoms with Crippen LogP contribution in [-0.4, -0.2) is 32.5 Å². The molecule has 1 heterocycles. The minimum Gasteiger partial charge on any atom is -0.461 e. The van der Waals surface area contributed by atoms with E-state index in [1.165, 1.54) is 16.8 Å². The van der Waals surface area contributed by atoms with E-state index in [1.54, 1.807) is 25.1 Å². The highest BCUT2D eigenvalue weighted by atomic mass is 16.6. The largest absolute Gasteiger partial charge is 0.461 e. The van der Waals surface area contributed by atoms with Crippen molar-refractivity contribution in [3.05, 3.63) is 81.7 Å². The molecule has 0 saturated carbocycles. The second kappa shape index (κ2) is 8.05. The molecule has 0 unspecified atom stereocenters. The minimum absolute atomic E-state index is 0.0362. The number of hydrogen-bond donors (Lipinski definition) is 0. The van der Waals surface area contributed by atoms with Gasteiger partial charge in [0.05, 0.1) is 17.2 Å².